The standard InChI is InChI=1S/C18H27N3OS/c1-19-16(12-20-6-2-3-7-20)10-15-11-21(8-4-17(15)19)18(22)14-5-9-23-13-14/h5,9,13,15-17H,2-4,6-8,10-12H2,1H3/t15-,16+,17+/m1/s1. The van der Waals surface area contributed by atoms with Crippen molar-refractivity contribution in [2.75, 3.05) is 39.8 Å². The first kappa shape index (κ1) is 15.6. The molecule has 3 atom stereocenters. The molecular formula is C18H27N3OS. The number of fused-ring (bicyclic) bond motifs is 1. The lowest BCUT2D eigenvalue weighted by atomic mass is 9.92. The minimum Gasteiger partial charge on any atom is -0.338 e. The van der Waals surface area contributed by atoms with Crippen LogP contribution < -0.4 is 0 Å². The zero-order valence-electron chi connectivity index (χ0n) is 14.0. The van der Waals surface area contributed by atoms with Crippen molar-refractivity contribution in [1.29, 1.82) is 0 Å². The van der Waals surface area contributed by atoms with E-state index in [1.165, 1.54) is 38.9 Å². The smallest absolute Gasteiger partial charge is 0.254 e. The van der Waals surface area contributed by atoms with E-state index < -0.39 is 0 Å². The molecule has 0 aliphatic carbocycles. The fourth-order valence-electron chi connectivity index (χ4n) is 4.79. The first-order valence-electron chi connectivity index (χ1n) is 8.98. The van der Waals surface area contributed by atoms with E-state index in [2.05, 4.69) is 21.7 Å². The van der Waals surface area contributed by atoms with Crippen molar-refractivity contribution in [3.63, 3.8) is 0 Å². The summed E-state index contributed by atoms with van der Waals surface area (Å²) in [5.74, 6) is 0.888. The third-order valence-electron chi connectivity index (χ3n) is 6.09. The highest BCUT2D eigenvalue weighted by molar-refractivity contribution is 7.08. The summed E-state index contributed by atoms with van der Waals surface area (Å²) in [7, 11) is 2.31. The predicted octanol–water partition coefficient (Wildman–Crippen LogP) is 2.38. The van der Waals surface area contributed by atoms with Crippen molar-refractivity contribution in [3.8, 4) is 0 Å². The number of piperidine rings is 1. The molecule has 0 unspecified atom stereocenters. The lowest BCUT2D eigenvalue weighted by molar-refractivity contribution is 0.0605. The molecule has 0 N–H and O–H groups in total. The highest BCUT2D eigenvalue weighted by Crippen LogP contribution is 2.35. The average Bonchev–Trinajstić information content (AvgIpc) is 3.30. The summed E-state index contributed by atoms with van der Waals surface area (Å²) in [6.07, 6.45) is 5.12. The number of hydrogen-bond acceptors (Lipinski definition) is 4. The molecule has 0 saturated carbocycles. The zero-order chi connectivity index (χ0) is 15.8. The Bertz CT molecular complexity index is 540. The Morgan fingerprint density at radius 3 is 2.87 bits per heavy atom. The molecule has 5 heteroatoms. The van der Waals surface area contributed by atoms with Gasteiger partial charge in [0.05, 0.1) is 5.56 Å². The normalized spacial score (nSPS) is 32.4. The van der Waals surface area contributed by atoms with Gasteiger partial charge in [-0.25, -0.2) is 0 Å². The molecule has 3 aliphatic heterocycles. The number of nitrogens with zero attached hydrogens (tertiary/aromatic N) is 3. The van der Waals surface area contributed by atoms with E-state index in [1.807, 2.05) is 16.8 Å². The number of rotatable bonds is 3. The Balaban J connectivity index is 1.38. The van der Waals surface area contributed by atoms with Crippen LogP contribution in [0.25, 0.3) is 0 Å². The van der Waals surface area contributed by atoms with Gasteiger partial charge in [0, 0.05) is 37.1 Å². The van der Waals surface area contributed by atoms with Gasteiger partial charge in [0.1, 0.15) is 0 Å². The minimum atomic E-state index is 0.232. The molecule has 23 heavy (non-hydrogen) atoms. The second-order valence-corrected chi connectivity index (χ2v) is 8.22. The summed E-state index contributed by atoms with van der Waals surface area (Å²) in [6.45, 7) is 5.64. The quantitative estimate of drug-likeness (QED) is 0.850. The van der Waals surface area contributed by atoms with Crippen LogP contribution in [0.4, 0.5) is 0 Å². The highest BCUT2D eigenvalue weighted by Gasteiger charge is 2.43. The average molecular weight is 334 g/mol. The molecule has 126 valence electrons. The van der Waals surface area contributed by atoms with Crippen LogP contribution in [0.15, 0.2) is 16.8 Å². The molecule has 0 radical (unpaired) electrons. The predicted molar refractivity (Wildman–Crippen MR) is 94.0 cm³/mol. The molecule has 1 aromatic heterocycles. The maximum Gasteiger partial charge on any atom is 0.254 e. The molecule has 4 rings (SSSR count). The van der Waals surface area contributed by atoms with Crippen LogP contribution in [0.1, 0.15) is 36.0 Å². The molecule has 0 aromatic carbocycles. The minimum absolute atomic E-state index is 0.232. The van der Waals surface area contributed by atoms with Gasteiger partial charge in [0.25, 0.3) is 5.91 Å². The molecule has 1 aromatic rings. The monoisotopic (exact) mass is 333 g/mol. The number of amides is 1. The van der Waals surface area contributed by atoms with Gasteiger partial charge in [-0.05, 0) is 63.2 Å². The van der Waals surface area contributed by atoms with E-state index in [4.69, 9.17) is 0 Å². The summed E-state index contributed by atoms with van der Waals surface area (Å²) in [5, 5.41) is 3.97. The first-order chi connectivity index (χ1) is 11.2. The summed E-state index contributed by atoms with van der Waals surface area (Å²) < 4.78 is 0. The van der Waals surface area contributed by atoms with Gasteiger partial charge in [0.15, 0.2) is 0 Å². The van der Waals surface area contributed by atoms with Crippen LogP contribution >= 0.6 is 11.3 Å². The maximum atomic E-state index is 12.6. The highest BCUT2D eigenvalue weighted by atomic mass is 32.1. The number of likely N-dealkylation sites (tertiary alicyclic amines) is 3. The molecule has 1 amide bonds. The Kier molecular flexibility index (Phi) is 4.43. The van der Waals surface area contributed by atoms with Crippen LogP contribution in [-0.4, -0.2) is 72.5 Å². The summed E-state index contributed by atoms with van der Waals surface area (Å²) in [4.78, 5) is 19.9. The number of hydrogen-bond donors (Lipinski definition) is 0. The van der Waals surface area contributed by atoms with E-state index in [1.54, 1.807) is 11.3 Å². The summed E-state index contributed by atoms with van der Waals surface area (Å²) in [6, 6.07) is 3.31. The van der Waals surface area contributed by atoms with E-state index in [9.17, 15) is 4.79 Å². The Morgan fingerprint density at radius 2 is 2.13 bits per heavy atom. The van der Waals surface area contributed by atoms with Crippen molar-refractivity contribution >= 4 is 17.2 Å². The topological polar surface area (TPSA) is 26.8 Å². The van der Waals surface area contributed by atoms with Gasteiger partial charge in [-0.3, -0.25) is 9.69 Å². The van der Waals surface area contributed by atoms with Crippen LogP contribution in [0.3, 0.4) is 0 Å². The van der Waals surface area contributed by atoms with Gasteiger partial charge in [-0.15, -0.1) is 0 Å². The number of carbonyl (C=O) groups excluding carboxylic acids is 1. The van der Waals surface area contributed by atoms with E-state index >= 15 is 0 Å². The van der Waals surface area contributed by atoms with Gasteiger partial charge >= 0.3 is 0 Å². The van der Waals surface area contributed by atoms with Crippen LogP contribution in [-0.2, 0) is 0 Å². The lowest BCUT2D eigenvalue weighted by Gasteiger charge is -2.37. The largest absolute Gasteiger partial charge is 0.338 e. The van der Waals surface area contributed by atoms with Crippen LogP contribution in [0, 0.1) is 5.92 Å². The Labute approximate surface area is 143 Å². The second-order valence-electron chi connectivity index (χ2n) is 7.44. The Morgan fingerprint density at radius 1 is 1.30 bits per heavy atom. The van der Waals surface area contributed by atoms with Crippen molar-refractivity contribution < 1.29 is 4.79 Å². The molecule has 0 spiro atoms. The number of thiophene rings is 1. The van der Waals surface area contributed by atoms with Gasteiger partial charge in [-0.2, -0.15) is 11.3 Å². The lowest BCUT2D eigenvalue weighted by Crippen LogP contribution is -2.48. The van der Waals surface area contributed by atoms with Crippen molar-refractivity contribution in [3.05, 3.63) is 22.4 Å². The number of likely N-dealkylation sites (N-methyl/N-ethyl adjacent to an activating group) is 1. The molecular weight excluding hydrogens is 306 g/mol. The fraction of sp³-hybridized carbons (Fsp3) is 0.722. The molecule has 3 saturated heterocycles. The third-order valence-corrected chi connectivity index (χ3v) is 6.77. The summed E-state index contributed by atoms with van der Waals surface area (Å²) >= 11 is 1.61. The molecule has 0 bridgehead atoms. The SMILES string of the molecule is CN1[C@H](CN2CCCC2)C[C@@H]2CN(C(=O)c3ccsc3)CC[C@@H]21. The molecule has 3 fully saturated rings. The van der Waals surface area contributed by atoms with Crippen LogP contribution in [0.2, 0.25) is 0 Å². The third kappa shape index (κ3) is 3.06. The molecule has 4 nitrogen and oxygen atoms in total. The van der Waals surface area contributed by atoms with Crippen molar-refractivity contribution in [2.24, 2.45) is 5.92 Å². The van der Waals surface area contributed by atoms with Gasteiger partial charge in [-0.1, -0.05) is 0 Å². The van der Waals surface area contributed by atoms with E-state index in [-0.39, 0.29) is 5.91 Å². The first-order valence-corrected chi connectivity index (χ1v) is 9.92. The van der Waals surface area contributed by atoms with Gasteiger partial charge in [0.2, 0.25) is 0 Å². The summed E-state index contributed by atoms with van der Waals surface area (Å²) in [5.41, 5.74) is 0.869. The van der Waals surface area contributed by atoms with Gasteiger partial charge < -0.3 is 9.80 Å². The van der Waals surface area contributed by atoms with Crippen molar-refractivity contribution in [2.45, 2.75) is 37.8 Å². The number of carbonyl (C=O) groups is 1. The van der Waals surface area contributed by atoms with Crippen molar-refractivity contribution in [1.82, 2.24) is 14.7 Å². The van der Waals surface area contributed by atoms with E-state index in [0.717, 1.165) is 25.1 Å². The fourth-order valence-corrected chi connectivity index (χ4v) is 5.42. The Hall–Kier alpha value is -0.910. The molecule has 4 heterocycles. The molecule has 3 aliphatic rings. The van der Waals surface area contributed by atoms with Crippen LogP contribution in [0.5, 0.6) is 0 Å². The second kappa shape index (κ2) is 6.54. The zero-order valence-corrected chi connectivity index (χ0v) is 14.8. The van der Waals surface area contributed by atoms with E-state index in [0.29, 0.717) is 18.0 Å². The maximum absolute atomic E-state index is 12.6.